The van der Waals surface area contributed by atoms with Crippen molar-refractivity contribution in [2.24, 2.45) is 0 Å². The highest BCUT2D eigenvalue weighted by Crippen LogP contribution is 2.47. The minimum absolute atomic E-state index is 0.669. The topological polar surface area (TPSA) is 33.1 Å². The predicted octanol–water partition coefficient (Wildman–Crippen LogP) is 5.02. The van der Waals surface area contributed by atoms with Crippen molar-refractivity contribution in [3.63, 3.8) is 0 Å². The molecular formula is C21H22NOP. The predicted molar refractivity (Wildman–Crippen MR) is 103 cm³/mol. The van der Waals surface area contributed by atoms with Crippen LogP contribution in [-0.2, 0) is 6.16 Å². The smallest absolute Gasteiger partial charge is 0.119 e. The molecule has 3 aromatic rings. The molecule has 0 spiro atoms. The van der Waals surface area contributed by atoms with Crippen LogP contribution in [0.3, 0.4) is 0 Å². The van der Waals surface area contributed by atoms with Gasteiger partial charge in [0.05, 0.1) is 6.61 Å². The van der Waals surface area contributed by atoms with Gasteiger partial charge in [-0.05, 0) is 35.2 Å². The quantitative estimate of drug-likeness (QED) is 0.631. The van der Waals surface area contributed by atoms with Gasteiger partial charge in [-0.25, -0.2) is 0 Å². The highest BCUT2D eigenvalue weighted by Gasteiger charge is 2.22. The number of hydrogen-bond acceptors (Lipinski definition) is 2. The van der Waals surface area contributed by atoms with Crippen molar-refractivity contribution in [1.29, 1.82) is 5.16 Å². The van der Waals surface area contributed by atoms with E-state index in [2.05, 4.69) is 36.4 Å². The maximum Gasteiger partial charge on any atom is 0.119 e. The van der Waals surface area contributed by atoms with Crippen LogP contribution >= 0.6 is 7.05 Å². The van der Waals surface area contributed by atoms with Crippen LogP contribution in [0.1, 0.15) is 12.5 Å². The van der Waals surface area contributed by atoms with Crippen molar-refractivity contribution in [3.05, 3.63) is 90.5 Å². The molecule has 3 aromatic carbocycles. The van der Waals surface area contributed by atoms with Crippen molar-refractivity contribution in [2.75, 3.05) is 6.61 Å². The van der Waals surface area contributed by atoms with Crippen LogP contribution in [-0.4, -0.2) is 6.61 Å². The lowest BCUT2D eigenvalue weighted by molar-refractivity contribution is 0.340. The first kappa shape index (κ1) is 16.5. The van der Waals surface area contributed by atoms with Crippen molar-refractivity contribution in [2.45, 2.75) is 13.1 Å². The number of ether oxygens (including phenoxy) is 1. The summed E-state index contributed by atoms with van der Waals surface area (Å²) in [5.41, 5.74) is 1.18. The fourth-order valence-corrected chi connectivity index (χ4v) is 5.61. The molecule has 0 saturated carbocycles. The van der Waals surface area contributed by atoms with E-state index < -0.39 is 7.05 Å². The monoisotopic (exact) mass is 335 g/mol. The van der Waals surface area contributed by atoms with Crippen LogP contribution in [0.4, 0.5) is 0 Å². The second-order valence-corrected chi connectivity index (χ2v) is 8.68. The first-order chi connectivity index (χ1) is 11.7. The van der Waals surface area contributed by atoms with Gasteiger partial charge in [0, 0.05) is 13.2 Å². The minimum Gasteiger partial charge on any atom is -0.494 e. The summed E-state index contributed by atoms with van der Waals surface area (Å²) in [6.07, 6.45) is 0.730. The van der Waals surface area contributed by atoms with Crippen LogP contribution in [0.25, 0.3) is 0 Å². The first-order valence-corrected chi connectivity index (χ1v) is 10.2. The van der Waals surface area contributed by atoms with Crippen LogP contribution in [0.5, 0.6) is 5.75 Å². The third kappa shape index (κ3) is 3.60. The highest BCUT2D eigenvalue weighted by atomic mass is 31.2. The van der Waals surface area contributed by atoms with Gasteiger partial charge in [-0.3, -0.25) is 0 Å². The molecule has 0 radical (unpaired) electrons. The van der Waals surface area contributed by atoms with Gasteiger partial charge >= 0.3 is 0 Å². The number of nitrogens with one attached hydrogen (secondary N) is 1. The molecule has 0 amide bonds. The molecule has 2 nitrogen and oxygen atoms in total. The van der Waals surface area contributed by atoms with Crippen molar-refractivity contribution < 1.29 is 4.74 Å². The van der Waals surface area contributed by atoms with Gasteiger partial charge in [0.15, 0.2) is 0 Å². The Balaban J connectivity index is 1.98. The summed E-state index contributed by atoms with van der Waals surface area (Å²) >= 11 is 0. The van der Waals surface area contributed by atoms with E-state index in [1.165, 1.54) is 5.56 Å². The van der Waals surface area contributed by atoms with Gasteiger partial charge in [0.2, 0.25) is 0 Å². The molecule has 0 saturated heterocycles. The zero-order valence-corrected chi connectivity index (χ0v) is 14.7. The highest BCUT2D eigenvalue weighted by molar-refractivity contribution is 7.79. The third-order valence-electron chi connectivity index (χ3n) is 4.05. The molecule has 122 valence electrons. The first-order valence-electron chi connectivity index (χ1n) is 8.18. The third-order valence-corrected chi connectivity index (χ3v) is 7.25. The van der Waals surface area contributed by atoms with Crippen LogP contribution in [0.2, 0.25) is 0 Å². The van der Waals surface area contributed by atoms with Gasteiger partial charge in [0.1, 0.15) is 5.75 Å². The molecule has 0 aliphatic rings. The lowest BCUT2D eigenvalue weighted by Gasteiger charge is -2.24. The maximum atomic E-state index is 9.35. The molecule has 0 aromatic heterocycles. The molecule has 0 heterocycles. The lowest BCUT2D eigenvalue weighted by Crippen LogP contribution is -2.17. The summed E-state index contributed by atoms with van der Waals surface area (Å²) < 4.78 is 5.52. The zero-order valence-electron chi connectivity index (χ0n) is 13.9. The summed E-state index contributed by atoms with van der Waals surface area (Å²) in [6, 6.07) is 28.6. The molecule has 1 N–H and O–H groups in total. The van der Waals surface area contributed by atoms with Gasteiger partial charge in [-0.2, -0.15) is 0 Å². The standard InChI is InChI=1S/C21H22NOP/c1-2-23-19-15-13-18(14-16-19)17-24(22,20-9-5-3-6-10-20)21-11-7-4-8-12-21/h3-16,22H,2,17H2,1H3. The van der Waals surface area contributed by atoms with Crippen molar-refractivity contribution >= 4 is 17.7 Å². The Morgan fingerprint density at radius 2 is 1.25 bits per heavy atom. The number of rotatable bonds is 6. The van der Waals surface area contributed by atoms with E-state index in [0.29, 0.717) is 6.61 Å². The summed E-state index contributed by atoms with van der Waals surface area (Å²) in [5, 5.41) is 11.6. The summed E-state index contributed by atoms with van der Waals surface area (Å²) in [7, 11) is -2.22. The zero-order chi connectivity index (χ0) is 16.8. The average molecular weight is 335 g/mol. The molecule has 3 heteroatoms. The molecule has 0 fully saturated rings. The van der Waals surface area contributed by atoms with Crippen LogP contribution in [0.15, 0.2) is 84.9 Å². The second kappa shape index (κ2) is 7.51. The molecule has 0 aliphatic carbocycles. The Kier molecular flexibility index (Phi) is 5.17. The molecular weight excluding hydrogens is 313 g/mol. The van der Waals surface area contributed by atoms with E-state index >= 15 is 0 Å². The van der Waals surface area contributed by atoms with E-state index in [-0.39, 0.29) is 0 Å². The molecule has 24 heavy (non-hydrogen) atoms. The van der Waals surface area contributed by atoms with Gasteiger partial charge < -0.3 is 9.90 Å². The lowest BCUT2D eigenvalue weighted by atomic mass is 10.2. The number of benzene rings is 3. The Labute approximate surface area is 144 Å². The van der Waals surface area contributed by atoms with Crippen molar-refractivity contribution in [1.82, 2.24) is 0 Å². The Morgan fingerprint density at radius 1 is 0.750 bits per heavy atom. The van der Waals surface area contributed by atoms with Gasteiger partial charge in [-0.1, -0.05) is 72.8 Å². The maximum absolute atomic E-state index is 9.35. The van der Waals surface area contributed by atoms with Crippen LogP contribution in [0, 0.1) is 5.16 Å². The van der Waals surface area contributed by atoms with Crippen LogP contribution < -0.4 is 15.3 Å². The van der Waals surface area contributed by atoms with E-state index in [1.807, 2.05) is 55.5 Å². The molecule has 0 atom stereocenters. The molecule has 0 bridgehead atoms. The largest absolute Gasteiger partial charge is 0.494 e. The fourth-order valence-electron chi connectivity index (χ4n) is 2.83. The van der Waals surface area contributed by atoms with E-state index in [1.54, 1.807) is 0 Å². The molecule has 0 aliphatic heterocycles. The molecule has 0 unspecified atom stereocenters. The molecule has 3 rings (SSSR count). The van der Waals surface area contributed by atoms with E-state index in [0.717, 1.165) is 22.5 Å². The van der Waals surface area contributed by atoms with E-state index in [9.17, 15) is 5.16 Å². The Bertz CT molecular complexity index is 770. The van der Waals surface area contributed by atoms with Crippen molar-refractivity contribution in [3.8, 4) is 5.75 Å². The normalized spacial score (nSPS) is 11.2. The Hall–Kier alpha value is -2.31. The fraction of sp³-hybridized carbons (Fsp3) is 0.143. The average Bonchev–Trinajstić information content (AvgIpc) is 2.65. The Morgan fingerprint density at radius 3 is 1.71 bits per heavy atom. The SMILES string of the molecule is CCOc1ccc(CP(=N)(c2ccccc2)c2ccccc2)cc1. The second-order valence-electron chi connectivity index (χ2n) is 5.72. The summed E-state index contributed by atoms with van der Waals surface area (Å²) in [5.74, 6) is 0.884. The van der Waals surface area contributed by atoms with E-state index in [4.69, 9.17) is 4.74 Å². The van der Waals surface area contributed by atoms with Gasteiger partial charge in [0.25, 0.3) is 0 Å². The summed E-state index contributed by atoms with van der Waals surface area (Å²) in [6.45, 7) is 2.65. The minimum atomic E-state index is -2.22. The van der Waals surface area contributed by atoms with Gasteiger partial charge in [-0.15, -0.1) is 0 Å². The summed E-state index contributed by atoms with van der Waals surface area (Å²) in [4.78, 5) is 0. The number of hydrogen-bond donors (Lipinski definition) is 1.